The minimum Gasteiger partial charge on any atom is -0.370 e. The topological polar surface area (TPSA) is 153 Å². The Labute approximate surface area is 283 Å². The molecule has 13 heteroatoms. The third kappa shape index (κ3) is 9.17. The maximum absolute atomic E-state index is 13.9. The van der Waals surface area contributed by atoms with E-state index in [1.165, 1.54) is 16.2 Å². The van der Waals surface area contributed by atoms with Gasteiger partial charge in [0.15, 0.2) is 11.0 Å². The van der Waals surface area contributed by atoms with Crippen LogP contribution >= 0.6 is 22.9 Å². The Hall–Kier alpha value is -4.29. The molecule has 0 aliphatic carbocycles. The van der Waals surface area contributed by atoms with E-state index in [9.17, 15) is 19.2 Å². The van der Waals surface area contributed by atoms with Crippen molar-refractivity contribution >= 4 is 52.4 Å². The minimum absolute atomic E-state index is 0.0159. The van der Waals surface area contributed by atoms with Gasteiger partial charge in [-0.1, -0.05) is 54.1 Å². The van der Waals surface area contributed by atoms with E-state index in [1.807, 2.05) is 42.5 Å². The Morgan fingerprint density at radius 1 is 1.11 bits per heavy atom. The number of hydrogen-bond acceptors (Lipinski definition) is 7. The highest BCUT2D eigenvalue weighted by Crippen LogP contribution is 2.24. The average Bonchev–Trinajstić information content (AvgIpc) is 3.61. The number of aryl methyl sites for hydroxylation is 1. The summed E-state index contributed by atoms with van der Waals surface area (Å²) in [5, 5.41) is 13.2. The van der Waals surface area contributed by atoms with Crippen LogP contribution in [0.2, 0.25) is 5.02 Å². The summed E-state index contributed by atoms with van der Waals surface area (Å²) in [5.41, 5.74) is 7.70. The monoisotopic (exact) mass is 677 g/mol. The Morgan fingerprint density at radius 3 is 2.57 bits per heavy atom. The molecule has 2 aliphatic heterocycles. The lowest BCUT2D eigenvalue weighted by Gasteiger charge is -2.40. The first-order valence-electron chi connectivity index (χ1n) is 15.9. The van der Waals surface area contributed by atoms with Gasteiger partial charge >= 0.3 is 0 Å². The first-order chi connectivity index (χ1) is 22.7. The van der Waals surface area contributed by atoms with Crippen molar-refractivity contribution < 1.29 is 19.2 Å². The summed E-state index contributed by atoms with van der Waals surface area (Å²) in [6.45, 7) is 1.11. The fraction of sp³-hybridized carbons (Fsp3) is 0.412. The van der Waals surface area contributed by atoms with Crippen LogP contribution in [0.25, 0.3) is 0 Å². The number of guanidine groups is 1. The Bertz CT molecular complexity index is 1550. The molecule has 5 rings (SSSR count). The van der Waals surface area contributed by atoms with E-state index >= 15 is 0 Å². The molecular weight excluding hydrogens is 638 g/mol. The van der Waals surface area contributed by atoms with Crippen molar-refractivity contribution in [3.05, 3.63) is 87.3 Å². The number of amides is 3. The Balaban J connectivity index is 1.30. The van der Waals surface area contributed by atoms with Gasteiger partial charge in [-0.2, -0.15) is 0 Å². The van der Waals surface area contributed by atoms with Gasteiger partial charge in [0.05, 0.1) is 12.6 Å². The fourth-order valence-electron chi connectivity index (χ4n) is 6.33. The molecule has 0 saturated carbocycles. The number of Topliss-reactive ketones (excluding diaryl/α,β-unsaturated/α-hetero) is 1. The van der Waals surface area contributed by atoms with E-state index in [0.29, 0.717) is 37.5 Å². The molecule has 1 aromatic heterocycles. The number of carbonyl (C=O) groups is 4. The second kappa shape index (κ2) is 16.0. The molecule has 47 heavy (non-hydrogen) atoms. The molecule has 3 atom stereocenters. The van der Waals surface area contributed by atoms with Gasteiger partial charge in [0, 0.05) is 42.7 Å². The third-order valence-corrected chi connectivity index (χ3v) is 9.78. The summed E-state index contributed by atoms with van der Waals surface area (Å²) in [6, 6.07) is 15.3. The molecular formula is C34H40ClN7O4S. The number of nitrogens with zero attached hydrogens (tertiary/aromatic N) is 4. The predicted molar refractivity (Wildman–Crippen MR) is 181 cm³/mol. The number of benzene rings is 2. The number of likely N-dealkylation sites (tertiary alicyclic amines) is 1. The molecule has 11 nitrogen and oxygen atoms in total. The number of nitrogens with one attached hydrogen (secondary N) is 2. The van der Waals surface area contributed by atoms with Crippen molar-refractivity contribution in [2.45, 2.75) is 50.6 Å². The number of halogens is 1. The van der Waals surface area contributed by atoms with Crippen LogP contribution in [-0.2, 0) is 27.2 Å². The second-order valence-electron chi connectivity index (χ2n) is 12.1. The van der Waals surface area contributed by atoms with Crippen molar-refractivity contribution in [2.75, 3.05) is 32.7 Å². The molecule has 2 fully saturated rings. The molecule has 4 N–H and O–H groups in total. The SMILES string of the molecule is N=C(N)N1CCCC(C[C@H](NC(=O)CN2C(=O)CN(CCCc3ccccc3)C(=O)[C@@H]2Cc2ccc(Cl)cc2)C(=O)c2nccs2)C1. The number of rotatable bonds is 13. The number of ketones is 1. The van der Waals surface area contributed by atoms with E-state index in [0.717, 1.165) is 30.4 Å². The van der Waals surface area contributed by atoms with Gasteiger partial charge in [0.25, 0.3) is 0 Å². The van der Waals surface area contributed by atoms with Gasteiger partial charge in [-0.05, 0) is 61.3 Å². The molecule has 3 amide bonds. The number of hydrogen-bond donors (Lipinski definition) is 3. The third-order valence-electron chi connectivity index (χ3n) is 8.74. The van der Waals surface area contributed by atoms with E-state index in [2.05, 4.69) is 10.3 Å². The highest BCUT2D eigenvalue weighted by molar-refractivity contribution is 7.11. The molecule has 0 radical (unpaired) electrons. The maximum atomic E-state index is 13.9. The molecule has 248 valence electrons. The van der Waals surface area contributed by atoms with Crippen LogP contribution in [0.15, 0.2) is 66.2 Å². The largest absolute Gasteiger partial charge is 0.370 e. The quantitative estimate of drug-likeness (QED) is 0.142. The van der Waals surface area contributed by atoms with Crippen molar-refractivity contribution in [2.24, 2.45) is 11.7 Å². The highest BCUT2D eigenvalue weighted by Gasteiger charge is 2.40. The van der Waals surface area contributed by atoms with Crippen LogP contribution < -0.4 is 11.1 Å². The van der Waals surface area contributed by atoms with Gasteiger partial charge in [-0.15, -0.1) is 11.3 Å². The van der Waals surface area contributed by atoms with Gasteiger partial charge in [-0.25, -0.2) is 4.98 Å². The molecule has 1 unspecified atom stereocenters. The summed E-state index contributed by atoms with van der Waals surface area (Å²) in [5.74, 6) is -1.39. The van der Waals surface area contributed by atoms with Gasteiger partial charge in [0.1, 0.15) is 12.6 Å². The zero-order valence-electron chi connectivity index (χ0n) is 26.1. The summed E-state index contributed by atoms with van der Waals surface area (Å²) < 4.78 is 0. The lowest BCUT2D eigenvalue weighted by Crippen LogP contribution is -2.62. The lowest BCUT2D eigenvalue weighted by atomic mass is 9.90. The van der Waals surface area contributed by atoms with Gasteiger partial charge < -0.3 is 25.8 Å². The van der Waals surface area contributed by atoms with Crippen LogP contribution in [0.1, 0.15) is 46.6 Å². The molecule has 0 spiro atoms. The summed E-state index contributed by atoms with van der Waals surface area (Å²) in [7, 11) is 0. The van der Waals surface area contributed by atoms with Gasteiger partial charge in [-0.3, -0.25) is 24.6 Å². The average molecular weight is 678 g/mol. The van der Waals surface area contributed by atoms with Crippen molar-refractivity contribution in [3.8, 4) is 0 Å². The number of piperidine rings is 1. The first kappa shape index (κ1) is 34.1. The standard InChI is InChI=1S/C34H40ClN7O4S/c35-26-12-10-24(11-13-26)19-28-33(46)40(15-4-8-23-6-2-1-3-7-23)22-30(44)42(28)21-29(43)39-27(31(45)32-38-14-17-47-32)18-25-9-5-16-41(20-25)34(36)37/h1-3,6-7,10-14,17,25,27-28H,4-5,8-9,15-16,18-22H2,(H3,36,37)(H,39,43)/t25?,27-,28-/m0/s1. The van der Waals surface area contributed by atoms with E-state index in [4.69, 9.17) is 22.7 Å². The van der Waals surface area contributed by atoms with Crippen molar-refractivity contribution in [1.29, 1.82) is 5.41 Å². The summed E-state index contributed by atoms with van der Waals surface area (Å²) in [6.07, 6.45) is 5.20. The zero-order chi connectivity index (χ0) is 33.3. The van der Waals surface area contributed by atoms with Crippen LogP contribution in [0, 0.1) is 11.3 Å². The zero-order valence-corrected chi connectivity index (χ0v) is 27.7. The van der Waals surface area contributed by atoms with Crippen molar-refractivity contribution in [1.82, 2.24) is 25.0 Å². The van der Waals surface area contributed by atoms with E-state index in [-0.39, 0.29) is 54.0 Å². The number of aromatic nitrogens is 1. The van der Waals surface area contributed by atoms with E-state index in [1.54, 1.807) is 33.5 Å². The predicted octanol–water partition coefficient (Wildman–Crippen LogP) is 3.37. The van der Waals surface area contributed by atoms with Crippen LogP contribution in [-0.4, -0.2) is 94.0 Å². The molecule has 0 bridgehead atoms. The lowest BCUT2D eigenvalue weighted by molar-refractivity contribution is -0.157. The molecule has 3 aromatic rings. The number of piperazine rings is 1. The number of nitrogens with two attached hydrogens (primary N) is 1. The molecule has 2 aliphatic rings. The molecule has 2 aromatic carbocycles. The van der Waals surface area contributed by atoms with Crippen LogP contribution in [0.5, 0.6) is 0 Å². The molecule has 2 saturated heterocycles. The molecule has 3 heterocycles. The minimum atomic E-state index is -0.893. The van der Waals surface area contributed by atoms with Gasteiger partial charge in [0.2, 0.25) is 23.5 Å². The normalized spacial score (nSPS) is 19.0. The van der Waals surface area contributed by atoms with Crippen LogP contribution in [0.3, 0.4) is 0 Å². The second-order valence-corrected chi connectivity index (χ2v) is 13.4. The summed E-state index contributed by atoms with van der Waals surface area (Å²) in [4.78, 5) is 63.5. The Kier molecular flexibility index (Phi) is 11.6. The fourth-order valence-corrected chi connectivity index (χ4v) is 7.08. The Morgan fingerprint density at radius 2 is 1.87 bits per heavy atom. The number of thiazole rings is 1. The highest BCUT2D eigenvalue weighted by atomic mass is 35.5. The van der Waals surface area contributed by atoms with Crippen LogP contribution in [0.4, 0.5) is 0 Å². The first-order valence-corrected chi connectivity index (χ1v) is 17.1. The smallest absolute Gasteiger partial charge is 0.246 e. The van der Waals surface area contributed by atoms with Crippen molar-refractivity contribution in [3.63, 3.8) is 0 Å². The van der Waals surface area contributed by atoms with E-state index < -0.39 is 18.0 Å². The summed E-state index contributed by atoms with van der Waals surface area (Å²) >= 11 is 7.29. The maximum Gasteiger partial charge on any atom is 0.246 e. The number of carbonyl (C=O) groups excluding carboxylic acids is 4.